The lowest BCUT2D eigenvalue weighted by Gasteiger charge is -2.17. The number of benzene rings is 1. The fourth-order valence-corrected chi connectivity index (χ4v) is 1.69. The minimum Gasteiger partial charge on any atom is -0.445 e. The molecule has 0 nitrogen and oxygen atoms in total. The van der Waals surface area contributed by atoms with E-state index in [1.54, 1.807) is 6.92 Å². The lowest BCUT2D eigenvalue weighted by Crippen LogP contribution is -2.35. The van der Waals surface area contributed by atoms with Crippen LogP contribution < -0.4 is 5.46 Å². The van der Waals surface area contributed by atoms with Gasteiger partial charge in [0.25, 0.3) is 0 Å². The third-order valence-corrected chi connectivity index (χ3v) is 2.81. The van der Waals surface area contributed by atoms with Gasteiger partial charge in [-0.2, -0.15) is 0 Å². The average molecular weight is 272 g/mol. The Labute approximate surface area is 87.3 Å². The maximum atomic E-state index is 12.3. The van der Waals surface area contributed by atoms with Gasteiger partial charge >= 0.3 is 6.98 Å². The number of rotatable bonds is 1. The Bertz CT molecular complexity index is 337. The Hall–Kier alpha value is -0.155. The van der Waals surface area contributed by atoms with E-state index in [2.05, 4.69) is 15.9 Å². The fraction of sp³-hybridized carbons (Fsp3) is 0.143. The molecule has 6 heteroatoms. The highest BCUT2D eigenvalue weighted by atomic mass is 79.9. The molecule has 1 aromatic rings. The molecule has 13 heavy (non-hydrogen) atoms. The maximum Gasteiger partial charge on any atom is 0.511 e. The minimum absolute atomic E-state index is 0.259. The standard InChI is InChI=1S/C7H5BBrClF3/c1-4-2-5(8(11,12)13)7(10)3-6(4)9/h2-3H,1H3/q-1. The van der Waals surface area contributed by atoms with Crippen molar-refractivity contribution in [1.82, 2.24) is 0 Å². The second kappa shape index (κ2) is 3.54. The first-order chi connectivity index (χ1) is 5.82. The van der Waals surface area contributed by atoms with Crippen LogP contribution in [0.25, 0.3) is 0 Å². The van der Waals surface area contributed by atoms with Gasteiger partial charge in [-0.1, -0.05) is 39.1 Å². The van der Waals surface area contributed by atoms with Crippen LogP contribution in [0, 0.1) is 6.92 Å². The second-order valence-electron chi connectivity index (χ2n) is 2.70. The summed E-state index contributed by atoms with van der Waals surface area (Å²) in [5.41, 5.74) is -0.207. The smallest absolute Gasteiger partial charge is 0.445 e. The summed E-state index contributed by atoms with van der Waals surface area (Å²) in [4.78, 5) is 0. The van der Waals surface area contributed by atoms with Gasteiger partial charge in [0.15, 0.2) is 0 Å². The van der Waals surface area contributed by atoms with E-state index in [1.807, 2.05) is 0 Å². The van der Waals surface area contributed by atoms with Crippen molar-refractivity contribution in [3.8, 4) is 0 Å². The number of halogens is 5. The van der Waals surface area contributed by atoms with Crippen molar-refractivity contribution in [3.05, 3.63) is 27.2 Å². The zero-order valence-corrected chi connectivity index (χ0v) is 8.96. The number of hydrogen-bond acceptors (Lipinski definition) is 0. The highest BCUT2D eigenvalue weighted by Gasteiger charge is 2.28. The van der Waals surface area contributed by atoms with E-state index in [9.17, 15) is 12.9 Å². The third kappa shape index (κ3) is 2.41. The van der Waals surface area contributed by atoms with E-state index in [0.29, 0.717) is 10.0 Å². The molecule has 0 aromatic heterocycles. The summed E-state index contributed by atoms with van der Waals surface area (Å²) in [5.74, 6) is 0. The second-order valence-corrected chi connectivity index (χ2v) is 3.96. The molecule has 0 bridgehead atoms. The largest absolute Gasteiger partial charge is 0.511 e. The first-order valence-corrected chi connectivity index (χ1v) is 4.65. The predicted octanol–water partition coefficient (Wildman–Crippen LogP) is 3.47. The van der Waals surface area contributed by atoms with Gasteiger partial charge in [-0.15, -0.1) is 0 Å². The van der Waals surface area contributed by atoms with E-state index < -0.39 is 12.4 Å². The fourth-order valence-electron chi connectivity index (χ4n) is 0.930. The van der Waals surface area contributed by atoms with Crippen LogP contribution in [0.1, 0.15) is 5.56 Å². The summed E-state index contributed by atoms with van der Waals surface area (Å²) in [7, 11) is 0. The molecule has 0 heterocycles. The van der Waals surface area contributed by atoms with Crippen molar-refractivity contribution >= 4 is 40.0 Å². The Morgan fingerprint density at radius 3 is 2.31 bits per heavy atom. The molecule has 0 amide bonds. The molecule has 1 rings (SSSR count). The van der Waals surface area contributed by atoms with Crippen LogP contribution in [0.15, 0.2) is 16.6 Å². The van der Waals surface area contributed by atoms with Gasteiger partial charge in [0, 0.05) is 9.50 Å². The van der Waals surface area contributed by atoms with Crippen molar-refractivity contribution in [2.24, 2.45) is 0 Å². The predicted molar refractivity (Wildman–Crippen MR) is 52.6 cm³/mol. The monoisotopic (exact) mass is 271 g/mol. The quantitative estimate of drug-likeness (QED) is 0.687. The van der Waals surface area contributed by atoms with Crippen molar-refractivity contribution in [2.45, 2.75) is 6.92 Å². The zero-order valence-electron chi connectivity index (χ0n) is 6.62. The first-order valence-electron chi connectivity index (χ1n) is 3.48. The number of aryl methyl sites for hydroxylation is 1. The number of hydrogen-bond donors (Lipinski definition) is 0. The van der Waals surface area contributed by atoms with Crippen molar-refractivity contribution < 1.29 is 12.9 Å². The van der Waals surface area contributed by atoms with Crippen LogP contribution >= 0.6 is 27.5 Å². The molecule has 0 spiro atoms. The zero-order chi connectivity index (χ0) is 10.2. The van der Waals surface area contributed by atoms with Gasteiger partial charge in [-0.25, -0.2) is 0 Å². The SMILES string of the molecule is Cc1cc([B-](F)(F)F)c(Cl)cc1Br. The van der Waals surface area contributed by atoms with Gasteiger partial charge in [0.1, 0.15) is 0 Å². The van der Waals surface area contributed by atoms with Gasteiger partial charge in [-0.3, -0.25) is 0 Å². The lowest BCUT2D eigenvalue weighted by atomic mass is 9.79. The molecule has 0 N–H and O–H groups in total. The highest BCUT2D eigenvalue weighted by Crippen LogP contribution is 2.23. The average Bonchev–Trinajstić information content (AvgIpc) is 1.94. The van der Waals surface area contributed by atoms with E-state index in [-0.39, 0.29) is 5.02 Å². The minimum atomic E-state index is -5.02. The summed E-state index contributed by atoms with van der Waals surface area (Å²) in [5, 5.41) is -0.259. The molecule has 72 valence electrons. The normalized spacial score (nSPS) is 11.8. The van der Waals surface area contributed by atoms with Crippen LogP contribution in [0.2, 0.25) is 5.02 Å². The molecule has 0 saturated heterocycles. The van der Waals surface area contributed by atoms with Gasteiger partial charge in [0.05, 0.1) is 0 Å². The molecule has 0 aliphatic heterocycles. The van der Waals surface area contributed by atoms with E-state index in [1.165, 1.54) is 6.07 Å². The van der Waals surface area contributed by atoms with E-state index in [4.69, 9.17) is 11.6 Å². The summed E-state index contributed by atoms with van der Waals surface area (Å²) in [6.45, 7) is -3.43. The van der Waals surface area contributed by atoms with Gasteiger partial charge < -0.3 is 12.9 Å². The topological polar surface area (TPSA) is 0 Å². The first kappa shape index (κ1) is 10.9. The molecule has 0 aliphatic rings. The summed E-state index contributed by atoms with van der Waals surface area (Å²) < 4.78 is 37.6. The van der Waals surface area contributed by atoms with E-state index in [0.717, 1.165) is 6.07 Å². The summed E-state index contributed by atoms with van der Waals surface area (Å²) >= 11 is 8.55. The van der Waals surface area contributed by atoms with Crippen LogP contribution in [-0.4, -0.2) is 6.98 Å². The lowest BCUT2D eigenvalue weighted by molar-refractivity contribution is 0.501. The van der Waals surface area contributed by atoms with Crippen molar-refractivity contribution in [3.63, 3.8) is 0 Å². The van der Waals surface area contributed by atoms with Gasteiger partial charge in [-0.05, 0) is 18.6 Å². The molecular formula is C7H5BBrClF3-. The molecular weight excluding hydrogens is 267 g/mol. The van der Waals surface area contributed by atoms with Crippen LogP contribution in [0.3, 0.4) is 0 Å². The maximum absolute atomic E-state index is 12.3. The van der Waals surface area contributed by atoms with Crippen LogP contribution in [0.5, 0.6) is 0 Å². The Kier molecular flexibility index (Phi) is 2.97. The Morgan fingerprint density at radius 2 is 1.85 bits per heavy atom. The summed E-state index contributed by atoms with van der Waals surface area (Å²) in [6.07, 6.45) is 0. The highest BCUT2D eigenvalue weighted by molar-refractivity contribution is 9.10. The van der Waals surface area contributed by atoms with Crippen molar-refractivity contribution in [2.75, 3.05) is 0 Å². The Morgan fingerprint density at radius 1 is 1.31 bits per heavy atom. The third-order valence-electron chi connectivity index (χ3n) is 1.63. The molecule has 0 aliphatic carbocycles. The Balaban J connectivity index is 3.32. The van der Waals surface area contributed by atoms with E-state index >= 15 is 0 Å². The molecule has 0 fully saturated rings. The molecule has 0 atom stereocenters. The van der Waals surface area contributed by atoms with Crippen LogP contribution in [-0.2, 0) is 0 Å². The molecule has 1 aromatic carbocycles. The molecule has 0 unspecified atom stereocenters. The molecule has 0 saturated carbocycles. The molecule has 0 radical (unpaired) electrons. The summed E-state index contributed by atoms with van der Waals surface area (Å²) in [6, 6.07) is 2.31. The van der Waals surface area contributed by atoms with Crippen LogP contribution in [0.4, 0.5) is 12.9 Å². The van der Waals surface area contributed by atoms with Gasteiger partial charge in [0.2, 0.25) is 0 Å². The van der Waals surface area contributed by atoms with Crippen molar-refractivity contribution in [1.29, 1.82) is 0 Å².